The van der Waals surface area contributed by atoms with E-state index in [9.17, 15) is 0 Å². The molecular weight excluding hydrogens is 262 g/mol. The maximum atomic E-state index is 5.60. The number of rotatable bonds is 4. The van der Waals surface area contributed by atoms with Crippen molar-refractivity contribution in [1.82, 2.24) is 14.9 Å². The zero-order chi connectivity index (χ0) is 14.5. The highest BCUT2D eigenvalue weighted by atomic mass is 15.3. The van der Waals surface area contributed by atoms with Gasteiger partial charge in [-0.05, 0) is 23.8 Å². The van der Waals surface area contributed by atoms with E-state index in [1.807, 2.05) is 24.5 Å². The van der Waals surface area contributed by atoms with Crippen molar-refractivity contribution in [2.75, 3.05) is 31.1 Å². The molecule has 5 nitrogen and oxygen atoms in total. The Morgan fingerprint density at radius 2 is 1.86 bits per heavy atom. The summed E-state index contributed by atoms with van der Waals surface area (Å²) in [7, 11) is 0. The van der Waals surface area contributed by atoms with Gasteiger partial charge in [0.2, 0.25) is 0 Å². The molecule has 1 aliphatic heterocycles. The van der Waals surface area contributed by atoms with Crippen molar-refractivity contribution >= 4 is 5.82 Å². The van der Waals surface area contributed by atoms with Crippen LogP contribution in [-0.4, -0.2) is 41.0 Å². The normalized spacial score (nSPS) is 16.1. The highest BCUT2D eigenvalue weighted by Gasteiger charge is 2.18. The Labute approximate surface area is 125 Å². The molecule has 5 heteroatoms. The van der Waals surface area contributed by atoms with E-state index in [0.29, 0.717) is 6.54 Å². The Hall–Kier alpha value is -1.98. The van der Waals surface area contributed by atoms with Crippen LogP contribution >= 0.6 is 0 Å². The quantitative estimate of drug-likeness (QED) is 0.915. The van der Waals surface area contributed by atoms with Crippen molar-refractivity contribution in [3.05, 3.63) is 54.0 Å². The first kappa shape index (κ1) is 14.0. The predicted octanol–water partition coefficient (Wildman–Crippen LogP) is 1.26. The van der Waals surface area contributed by atoms with Gasteiger partial charge in [-0.1, -0.05) is 12.1 Å². The van der Waals surface area contributed by atoms with Gasteiger partial charge >= 0.3 is 0 Å². The standard InChI is InChI=1S/C16H21N5/c17-11-14-4-5-16(19-12-14)21-9-7-20(8-10-21)13-15-3-1-2-6-18-15/h1-6,12H,7-11,13,17H2. The molecule has 2 aromatic heterocycles. The van der Waals surface area contributed by atoms with Gasteiger partial charge in [0.1, 0.15) is 5.82 Å². The van der Waals surface area contributed by atoms with Crippen molar-refractivity contribution in [2.24, 2.45) is 5.73 Å². The average Bonchev–Trinajstić information content (AvgIpc) is 2.57. The summed E-state index contributed by atoms with van der Waals surface area (Å²) in [5.74, 6) is 1.05. The van der Waals surface area contributed by atoms with Crippen molar-refractivity contribution in [3.63, 3.8) is 0 Å². The van der Waals surface area contributed by atoms with Gasteiger partial charge in [0, 0.05) is 51.7 Å². The van der Waals surface area contributed by atoms with E-state index in [0.717, 1.165) is 49.8 Å². The number of nitrogens with zero attached hydrogens (tertiary/aromatic N) is 4. The SMILES string of the molecule is NCc1ccc(N2CCN(Cc3ccccn3)CC2)nc1. The third-order valence-electron chi connectivity index (χ3n) is 3.85. The molecule has 0 amide bonds. The molecule has 0 aromatic carbocycles. The molecule has 1 aliphatic rings. The van der Waals surface area contributed by atoms with E-state index in [1.54, 1.807) is 0 Å². The number of anilines is 1. The molecule has 1 saturated heterocycles. The molecule has 0 spiro atoms. The first-order chi connectivity index (χ1) is 10.3. The van der Waals surface area contributed by atoms with Gasteiger partial charge in [-0.2, -0.15) is 0 Å². The maximum Gasteiger partial charge on any atom is 0.128 e. The molecule has 21 heavy (non-hydrogen) atoms. The Kier molecular flexibility index (Phi) is 4.43. The number of aromatic nitrogens is 2. The van der Waals surface area contributed by atoms with Crippen LogP contribution in [0.1, 0.15) is 11.3 Å². The lowest BCUT2D eigenvalue weighted by atomic mass is 10.2. The highest BCUT2D eigenvalue weighted by Crippen LogP contribution is 2.15. The monoisotopic (exact) mass is 283 g/mol. The van der Waals surface area contributed by atoms with Gasteiger partial charge in [0.25, 0.3) is 0 Å². The lowest BCUT2D eigenvalue weighted by Gasteiger charge is -2.35. The van der Waals surface area contributed by atoms with Gasteiger partial charge in [-0.15, -0.1) is 0 Å². The molecule has 1 fully saturated rings. The molecule has 0 bridgehead atoms. The maximum absolute atomic E-state index is 5.60. The summed E-state index contributed by atoms with van der Waals surface area (Å²) in [5, 5.41) is 0. The fourth-order valence-corrected chi connectivity index (χ4v) is 2.58. The molecule has 0 radical (unpaired) electrons. The summed E-state index contributed by atoms with van der Waals surface area (Å²) in [6.07, 6.45) is 3.73. The molecule has 3 rings (SSSR count). The van der Waals surface area contributed by atoms with Crippen LogP contribution in [0.3, 0.4) is 0 Å². The van der Waals surface area contributed by atoms with Crippen LogP contribution in [0.25, 0.3) is 0 Å². The number of pyridine rings is 2. The van der Waals surface area contributed by atoms with Crippen LogP contribution in [0.2, 0.25) is 0 Å². The summed E-state index contributed by atoms with van der Waals surface area (Å²) >= 11 is 0. The van der Waals surface area contributed by atoms with Gasteiger partial charge in [0.05, 0.1) is 5.69 Å². The smallest absolute Gasteiger partial charge is 0.128 e. The third-order valence-corrected chi connectivity index (χ3v) is 3.85. The van der Waals surface area contributed by atoms with E-state index < -0.39 is 0 Å². The number of nitrogens with two attached hydrogens (primary N) is 1. The zero-order valence-electron chi connectivity index (χ0n) is 12.2. The number of hydrogen-bond donors (Lipinski definition) is 1. The van der Waals surface area contributed by atoms with Crippen LogP contribution < -0.4 is 10.6 Å². The topological polar surface area (TPSA) is 58.3 Å². The summed E-state index contributed by atoms with van der Waals surface area (Å²) in [6, 6.07) is 10.2. The molecule has 0 atom stereocenters. The second kappa shape index (κ2) is 6.65. The van der Waals surface area contributed by atoms with Crippen LogP contribution in [0.4, 0.5) is 5.82 Å². The molecule has 0 unspecified atom stereocenters. The highest BCUT2D eigenvalue weighted by molar-refractivity contribution is 5.39. The average molecular weight is 283 g/mol. The minimum atomic E-state index is 0.547. The largest absolute Gasteiger partial charge is 0.354 e. The second-order valence-corrected chi connectivity index (χ2v) is 5.31. The Bertz CT molecular complexity index is 547. The van der Waals surface area contributed by atoms with Crippen molar-refractivity contribution in [1.29, 1.82) is 0 Å². The third kappa shape index (κ3) is 3.56. The Morgan fingerprint density at radius 3 is 2.48 bits per heavy atom. The molecular formula is C16H21N5. The minimum absolute atomic E-state index is 0.547. The van der Waals surface area contributed by atoms with Crippen LogP contribution in [0.15, 0.2) is 42.7 Å². The zero-order valence-corrected chi connectivity index (χ0v) is 12.2. The summed E-state index contributed by atoms with van der Waals surface area (Å²) < 4.78 is 0. The fourth-order valence-electron chi connectivity index (χ4n) is 2.58. The van der Waals surface area contributed by atoms with E-state index in [1.165, 1.54) is 0 Å². The lowest BCUT2D eigenvalue weighted by Crippen LogP contribution is -2.46. The number of piperazine rings is 1. The first-order valence-electron chi connectivity index (χ1n) is 7.37. The first-order valence-corrected chi connectivity index (χ1v) is 7.37. The fraction of sp³-hybridized carbons (Fsp3) is 0.375. The van der Waals surface area contributed by atoms with Crippen LogP contribution in [-0.2, 0) is 13.1 Å². The van der Waals surface area contributed by atoms with Crippen molar-refractivity contribution in [3.8, 4) is 0 Å². The van der Waals surface area contributed by atoms with E-state index in [-0.39, 0.29) is 0 Å². The summed E-state index contributed by atoms with van der Waals surface area (Å²) in [6.45, 7) is 5.55. The summed E-state index contributed by atoms with van der Waals surface area (Å²) in [4.78, 5) is 13.7. The van der Waals surface area contributed by atoms with Crippen LogP contribution in [0, 0.1) is 0 Å². The molecule has 2 N–H and O–H groups in total. The van der Waals surface area contributed by atoms with Crippen molar-refractivity contribution in [2.45, 2.75) is 13.1 Å². The Morgan fingerprint density at radius 1 is 1.00 bits per heavy atom. The van der Waals surface area contributed by atoms with Gasteiger partial charge < -0.3 is 10.6 Å². The Balaban J connectivity index is 1.54. The molecule has 2 aromatic rings. The predicted molar refractivity (Wildman–Crippen MR) is 83.9 cm³/mol. The van der Waals surface area contributed by atoms with Gasteiger partial charge in [-0.25, -0.2) is 4.98 Å². The molecule has 0 saturated carbocycles. The molecule has 110 valence electrons. The molecule has 0 aliphatic carbocycles. The summed E-state index contributed by atoms with van der Waals surface area (Å²) in [5.41, 5.74) is 7.82. The lowest BCUT2D eigenvalue weighted by molar-refractivity contribution is 0.246. The van der Waals surface area contributed by atoms with Gasteiger partial charge in [0.15, 0.2) is 0 Å². The number of hydrogen-bond acceptors (Lipinski definition) is 5. The van der Waals surface area contributed by atoms with Crippen molar-refractivity contribution < 1.29 is 0 Å². The van der Waals surface area contributed by atoms with Crippen LogP contribution in [0.5, 0.6) is 0 Å². The minimum Gasteiger partial charge on any atom is -0.354 e. The van der Waals surface area contributed by atoms with E-state index >= 15 is 0 Å². The second-order valence-electron chi connectivity index (χ2n) is 5.31. The van der Waals surface area contributed by atoms with Gasteiger partial charge in [-0.3, -0.25) is 9.88 Å². The van der Waals surface area contributed by atoms with E-state index in [2.05, 4.69) is 38.0 Å². The van der Waals surface area contributed by atoms with E-state index in [4.69, 9.17) is 5.73 Å². The molecule has 3 heterocycles.